The van der Waals surface area contributed by atoms with E-state index in [9.17, 15) is 4.79 Å². The lowest BCUT2D eigenvalue weighted by Crippen LogP contribution is -2.06. The summed E-state index contributed by atoms with van der Waals surface area (Å²) in [5, 5.41) is 15.8. The Kier molecular flexibility index (Phi) is 1.71. The predicted octanol–water partition coefficient (Wildman–Crippen LogP) is 1.51. The van der Waals surface area contributed by atoms with Gasteiger partial charge in [-0.05, 0) is 25.3 Å². The summed E-state index contributed by atoms with van der Waals surface area (Å²) in [7, 11) is 0. The van der Waals surface area contributed by atoms with Gasteiger partial charge in [0.2, 0.25) is 0 Å². The van der Waals surface area contributed by atoms with Gasteiger partial charge < -0.3 is 10.1 Å². The summed E-state index contributed by atoms with van der Waals surface area (Å²) < 4.78 is 0. The monoisotopic (exact) mass is 217 g/mol. The number of H-pyrrole nitrogens is 2. The molecule has 0 saturated heterocycles. The Morgan fingerprint density at radius 3 is 3.06 bits per heavy atom. The second-order valence-electron chi connectivity index (χ2n) is 4.04. The molecule has 2 aromatic rings. The van der Waals surface area contributed by atoms with Crippen LogP contribution in [0.15, 0.2) is 6.20 Å². The standard InChI is InChI=1S/C11H11N3O2/c1-5-8-6(4-12-5)2-3-7-9(8)13-14-10(7)11(15)16/h4,12H,2-3H2,1H3,(H,13,14)(H,15,16). The third-order valence-corrected chi connectivity index (χ3v) is 3.12. The minimum absolute atomic E-state index is 0.223. The molecule has 0 aliphatic heterocycles. The molecule has 0 saturated carbocycles. The summed E-state index contributed by atoms with van der Waals surface area (Å²) in [5.74, 6) is -0.939. The smallest absolute Gasteiger partial charge is 0.354 e. The Balaban J connectivity index is 2.26. The van der Waals surface area contributed by atoms with Crippen LogP contribution in [-0.4, -0.2) is 26.3 Å². The van der Waals surface area contributed by atoms with Crippen molar-refractivity contribution in [3.63, 3.8) is 0 Å². The third kappa shape index (κ3) is 1.05. The van der Waals surface area contributed by atoms with E-state index >= 15 is 0 Å². The van der Waals surface area contributed by atoms with Crippen LogP contribution in [0.25, 0.3) is 11.3 Å². The van der Waals surface area contributed by atoms with E-state index in [0.29, 0.717) is 0 Å². The van der Waals surface area contributed by atoms with Crippen LogP contribution < -0.4 is 0 Å². The molecule has 5 heteroatoms. The van der Waals surface area contributed by atoms with Gasteiger partial charge in [0.1, 0.15) is 5.69 Å². The van der Waals surface area contributed by atoms with Gasteiger partial charge in [0.05, 0.1) is 5.69 Å². The summed E-state index contributed by atoms with van der Waals surface area (Å²) in [4.78, 5) is 14.1. The first-order valence-electron chi connectivity index (χ1n) is 5.16. The Hall–Kier alpha value is -2.04. The first kappa shape index (κ1) is 9.21. The van der Waals surface area contributed by atoms with Gasteiger partial charge in [-0.1, -0.05) is 0 Å². The molecule has 3 N–H and O–H groups in total. The van der Waals surface area contributed by atoms with Crippen LogP contribution in [0.3, 0.4) is 0 Å². The molecule has 2 aromatic heterocycles. The number of aromatic carboxylic acids is 1. The maximum atomic E-state index is 11.0. The number of nitrogens with zero attached hydrogens (tertiary/aromatic N) is 1. The molecule has 0 unspecified atom stereocenters. The normalized spacial score (nSPS) is 13.3. The lowest BCUT2D eigenvalue weighted by atomic mass is 9.91. The van der Waals surface area contributed by atoms with Crippen LogP contribution in [-0.2, 0) is 12.8 Å². The minimum atomic E-state index is -0.939. The van der Waals surface area contributed by atoms with Crippen molar-refractivity contribution in [3.8, 4) is 11.3 Å². The molecule has 1 aliphatic carbocycles. The number of fused-ring (bicyclic) bond motifs is 3. The van der Waals surface area contributed by atoms with E-state index in [-0.39, 0.29) is 5.69 Å². The van der Waals surface area contributed by atoms with Crippen LogP contribution in [0.2, 0.25) is 0 Å². The highest BCUT2D eigenvalue weighted by Crippen LogP contribution is 2.35. The van der Waals surface area contributed by atoms with Crippen LogP contribution in [0.5, 0.6) is 0 Å². The van der Waals surface area contributed by atoms with Gasteiger partial charge in [-0.3, -0.25) is 5.10 Å². The summed E-state index contributed by atoms with van der Waals surface area (Å²) in [6.45, 7) is 1.98. The summed E-state index contributed by atoms with van der Waals surface area (Å²) in [6.07, 6.45) is 3.58. The van der Waals surface area contributed by atoms with E-state index in [1.54, 1.807) is 0 Å². The quantitative estimate of drug-likeness (QED) is 0.677. The van der Waals surface area contributed by atoms with Crippen molar-refractivity contribution in [3.05, 3.63) is 28.7 Å². The zero-order valence-corrected chi connectivity index (χ0v) is 8.79. The molecule has 0 spiro atoms. The molecule has 2 heterocycles. The minimum Gasteiger partial charge on any atom is -0.477 e. The molecule has 0 bridgehead atoms. The second-order valence-corrected chi connectivity index (χ2v) is 4.04. The maximum Gasteiger partial charge on any atom is 0.354 e. The van der Waals surface area contributed by atoms with Crippen molar-refractivity contribution in [2.75, 3.05) is 0 Å². The van der Waals surface area contributed by atoms with Crippen molar-refractivity contribution in [2.24, 2.45) is 0 Å². The average molecular weight is 217 g/mol. The van der Waals surface area contributed by atoms with Crippen LogP contribution >= 0.6 is 0 Å². The molecule has 1 aliphatic rings. The number of aromatic amines is 2. The first-order chi connectivity index (χ1) is 7.68. The van der Waals surface area contributed by atoms with Crippen molar-refractivity contribution >= 4 is 5.97 Å². The topological polar surface area (TPSA) is 81.8 Å². The number of carbonyl (C=O) groups is 1. The van der Waals surface area contributed by atoms with E-state index in [2.05, 4.69) is 15.2 Å². The van der Waals surface area contributed by atoms with Crippen molar-refractivity contribution in [2.45, 2.75) is 19.8 Å². The molecule has 0 aromatic carbocycles. The third-order valence-electron chi connectivity index (χ3n) is 3.12. The highest BCUT2D eigenvalue weighted by Gasteiger charge is 2.26. The number of aromatic nitrogens is 3. The number of rotatable bonds is 1. The molecular formula is C11H11N3O2. The Morgan fingerprint density at radius 1 is 1.50 bits per heavy atom. The molecule has 0 radical (unpaired) electrons. The van der Waals surface area contributed by atoms with Gasteiger partial charge in [0.15, 0.2) is 0 Å². The van der Waals surface area contributed by atoms with Crippen molar-refractivity contribution in [1.29, 1.82) is 0 Å². The van der Waals surface area contributed by atoms with Gasteiger partial charge >= 0.3 is 5.97 Å². The highest BCUT2D eigenvalue weighted by molar-refractivity contribution is 5.90. The molecule has 16 heavy (non-hydrogen) atoms. The lowest BCUT2D eigenvalue weighted by molar-refractivity contribution is 0.0689. The zero-order chi connectivity index (χ0) is 11.3. The molecule has 0 atom stereocenters. The Labute approximate surface area is 91.5 Å². The summed E-state index contributed by atoms with van der Waals surface area (Å²) in [5.41, 5.74) is 5.15. The lowest BCUT2D eigenvalue weighted by Gasteiger charge is -2.11. The molecule has 3 rings (SSSR count). The molecular weight excluding hydrogens is 206 g/mol. The summed E-state index contributed by atoms with van der Waals surface area (Å²) in [6, 6.07) is 0. The molecule has 82 valence electrons. The largest absolute Gasteiger partial charge is 0.477 e. The molecule has 5 nitrogen and oxygen atoms in total. The number of hydrogen-bond acceptors (Lipinski definition) is 2. The van der Waals surface area contributed by atoms with E-state index in [1.165, 1.54) is 5.56 Å². The zero-order valence-electron chi connectivity index (χ0n) is 8.79. The SMILES string of the molecule is Cc1[nH]cc2c1-c1n[nH]c(C(=O)O)c1CC2. The van der Waals surface area contributed by atoms with Crippen molar-refractivity contribution < 1.29 is 9.90 Å². The number of hydrogen-bond donors (Lipinski definition) is 3. The van der Waals surface area contributed by atoms with Gasteiger partial charge in [-0.25, -0.2) is 4.79 Å². The second kappa shape index (κ2) is 2.98. The van der Waals surface area contributed by atoms with E-state index in [0.717, 1.165) is 35.4 Å². The van der Waals surface area contributed by atoms with Gasteiger partial charge in [-0.2, -0.15) is 5.10 Å². The number of carboxylic acids is 1. The fraction of sp³-hybridized carbons (Fsp3) is 0.273. The molecule has 0 fully saturated rings. The van der Waals surface area contributed by atoms with Gasteiger partial charge in [0, 0.05) is 23.0 Å². The van der Waals surface area contributed by atoms with Crippen LogP contribution in [0.1, 0.15) is 27.3 Å². The molecule has 0 amide bonds. The van der Waals surface area contributed by atoms with E-state index in [4.69, 9.17) is 5.11 Å². The Morgan fingerprint density at radius 2 is 2.31 bits per heavy atom. The average Bonchev–Trinajstić information content (AvgIpc) is 2.81. The number of aryl methyl sites for hydroxylation is 2. The first-order valence-corrected chi connectivity index (χ1v) is 5.16. The van der Waals surface area contributed by atoms with Gasteiger partial charge in [-0.15, -0.1) is 0 Å². The van der Waals surface area contributed by atoms with Crippen molar-refractivity contribution in [1.82, 2.24) is 15.2 Å². The predicted molar refractivity (Wildman–Crippen MR) is 57.5 cm³/mol. The highest BCUT2D eigenvalue weighted by atomic mass is 16.4. The summed E-state index contributed by atoms with van der Waals surface area (Å²) >= 11 is 0. The van der Waals surface area contributed by atoms with E-state index in [1.807, 2.05) is 13.1 Å². The fourth-order valence-electron chi connectivity index (χ4n) is 2.36. The van der Waals surface area contributed by atoms with Crippen LogP contribution in [0, 0.1) is 6.92 Å². The fourth-order valence-corrected chi connectivity index (χ4v) is 2.36. The Bertz CT molecular complexity index is 580. The van der Waals surface area contributed by atoms with E-state index < -0.39 is 5.97 Å². The van der Waals surface area contributed by atoms with Gasteiger partial charge in [0.25, 0.3) is 0 Å². The maximum absolute atomic E-state index is 11.0. The van der Waals surface area contributed by atoms with Crippen LogP contribution in [0.4, 0.5) is 0 Å². The number of nitrogens with one attached hydrogen (secondary N) is 2. The number of carboxylic acid groups (broad SMARTS) is 1.